The number of ether oxygens (including phenoxy) is 1. The highest BCUT2D eigenvalue weighted by Crippen LogP contribution is 2.44. The second-order valence-corrected chi connectivity index (χ2v) is 7.59. The van der Waals surface area contributed by atoms with Gasteiger partial charge in [0, 0.05) is 30.4 Å². The van der Waals surface area contributed by atoms with Crippen LogP contribution in [0, 0.1) is 10.1 Å². The molecule has 1 atom stereocenters. The van der Waals surface area contributed by atoms with Crippen molar-refractivity contribution in [2.45, 2.75) is 13.0 Å². The lowest BCUT2D eigenvalue weighted by Gasteiger charge is -2.30. The van der Waals surface area contributed by atoms with E-state index >= 15 is 0 Å². The van der Waals surface area contributed by atoms with E-state index in [1.165, 1.54) is 23.5 Å². The highest BCUT2D eigenvalue weighted by Gasteiger charge is 2.33. The van der Waals surface area contributed by atoms with Crippen LogP contribution in [0.15, 0.2) is 41.4 Å². The molecule has 0 saturated carbocycles. The quantitative estimate of drug-likeness (QED) is 0.397. The molecule has 4 rings (SSSR count). The van der Waals surface area contributed by atoms with Crippen LogP contribution < -0.4 is 15.4 Å². The molecular weight excluding hydrogens is 422 g/mol. The van der Waals surface area contributed by atoms with Gasteiger partial charge in [-0.05, 0) is 40.9 Å². The van der Waals surface area contributed by atoms with Crippen LogP contribution in [0.2, 0.25) is 0 Å². The van der Waals surface area contributed by atoms with E-state index in [0.29, 0.717) is 16.8 Å². The lowest BCUT2D eigenvalue weighted by molar-refractivity contribution is -0.386. The molecule has 3 N–H and O–H groups in total. The van der Waals surface area contributed by atoms with Gasteiger partial charge < -0.3 is 20.5 Å². The van der Waals surface area contributed by atoms with E-state index in [1.54, 1.807) is 31.0 Å². The summed E-state index contributed by atoms with van der Waals surface area (Å²) in [6, 6.07) is 3.48. The van der Waals surface area contributed by atoms with Crippen LogP contribution in [0.4, 0.5) is 10.5 Å². The molecular formula is C20H19N5O5S. The van der Waals surface area contributed by atoms with E-state index in [2.05, 4.69) is 15.7 Å². The Morgan fingerprint density at radius 3 is 2.81 bits per heavy atom. The fourth-order valence-electron chi connectivity index (χ4n) is 3.51. The van der Waals surface area contributed by atoms with Gasteiger partial charge in [-0.25, -0.2) is 4.79 Å². The molecule has 3 heterocycles. The third-order valence-corrected chi connectivity index (χ3v) is 5.49. The number of hydrogen-bond acceptors (Lipinski definition) is 7. The zero-order valence-electron chi connectivity index (χ0n) is 16.7. The van der Waals surface area contributed by atoms with Crippen molar-refractivity contribution in [3.8, 4) is 11.5 Å². The first kappa shape index (κ1) is 20.4. The molecule has 0 radical (unpaired) electrons. The van der Waals surface area contributed by atoms with Gasteiger partial charge in [0.05, 0.1) is 29.5 Å². The van der Waals surface area contributed by atoms with Crippen molar-refractivity contribution < 1.29 is 19.6 Å². The summed E-state index contributed by atoms with van der Waals surface area (Å²) < 4.78 is 7.04. The van der Waals surface area contributed by atoms with Gasteiger partial charge in [0.15, 0.2) is 5.75 Å². The van der Waals surface area contributed by atoms with Crippen LogP contribution in [-0.4, -0.2) is 32.4 Å². The molecule has 1 aliphatic rings. The van der Waals surface area contributed by atoms with E-state index in [-0.39, 0.29) is 12.4 Å². The molecule has 160 valence electrons. The Morgan fingerprint density at radius 2 is 2.19 bits per heavy atom. The van der Waals surface area contributed by atoms with Gasteiger partial charge in [-0.1, -0.05) is 0 Å². The summed E-state index contributed by atoms with van der Waals surface area (Å²) in [6.07, 6.45) is 3.41. The number of aryl methyl sites for hydroxylation is 1. The van der Waals surface area contributed by atoms with Gasteiger partial charge in [-0.3, -0.25) is 14.8 Å². The number of rotatable bonds is 6. The smallest absolute Gasteiger partial charge is 0.320 e. The van der Waals surface area contributed by atoms with Crippen molar-refractivity contribution in [3.05, 3.63) is 68.2 Å². The Bertz CT molecular complexity index is 1180. The van der Waals surface area contributed by atoms with Gasteiger partial charge in [0.1, 0.15) is 0 Å². The molecule has 1 unspecified atom stereocenters. The van der Waals surface area contributed by atoms with Crippen molar-refractivity contribution in [3.63, 3.8) is 0 Å². The molecule has 2 amide bonds. The SMILES string of the molecule is CCOc1cc(C2NC(=O)NC(c3cnn(C)c3)=C2c2ccsc2)cc([N+](=O)[O-])c1O. The predicted molar refractivity (Wildman–Crippen MR) is 115 cm³/mol. The zero-order valence-corrected chi connectivity index (χ0v) is 17.5. The number of aromatic nitrogens is 2. The number of benzene rings is 1. The molecule has 1 aliphatic heterocycles. The van der Waals surface area contributed by atoms with Crippen molar-refractivity contribution in [1.29, 1.82) is 0 Å². The number of phenolic OH excluding ortho intramolecular Hbond substituents is 1. The van der Waals surface area contributed by atoms with Crippen molar-refractivity contribution >= 4 is 34.3 Å². The molecule has 0 saturated heterocycles. The highest BCUT2D eigenvalue weighted by molar-refractivity contribution is 7.08. The molecule has 0 fully saturated rings. The van der Waals surface area contributed by atoms with E-state index in [0.717, 1.165) is 11.1 Å². The normalized spacial score (nSPS) is 16.1. The first-order valence-corrected chi connectivity index (χ1v) is 10.3. The van der Waals surface area contributed by atoms with E-state index in [4.69, 9.17) is 4.74 Å². The monoisotopic (exact) mass is 441 g/mol. The van der Waals surface area contributed by atoms with Crippen LogP contribution in [0.1, 0.15) is 29.7 Å². The molecule has 10 nitrogen and oxygen atoms in total. The topological polar surface area (TPSA) is 132 Å². The molecule has 1 aromatic carbocycles. The van der Waals surface area contributed by atoms with Gasteiger partial charge >= 0.3 is 11.7 Å². The average Bonchev–Trinajstić information content (AvgIpc) is 3.40. The first-order valence-electron chi connectivity index (χ1n) is 9.36. The Hall–Kier alpha value is -3.86. The summed E-state index contributed by atoms with van der Waals surface area (Å²) in [5.41, 5.74) is 2.72. The highest BCUT2D eigenvalue weighted by atomic mass is 32.1. The van der Waals surface area contributed by atoms with Crippen LogP contribution >= 0.6 is 11.3 Å². The molecule has 0 spiro atoms. The number of nitrogens with zero attached hydrogens (tertiary/aromatic N) is 3. The van der Waals surface area contributed by atoms with E-state index in [9.17, 15) is 20.0 Å². The molecule has 2 aromatic heterocycles. The molecule has 0 bridgehead atoms. The number of thiophene rings is 1. The number of aromatic hydroxyl groups is 1. The fourth-order valence-corrected chi connectivity index (χ4v) is 4.16. The van der Waals surface area contributed by atoms with Crippen molar-refractivity contribution in [2.75, 3.05) is 6.61 Å². The molecule has 31 heavy (non-hydrogen) atoms. The van der Waals surface area contributed by atoms with Crippen LogP contribution in [0.5, 0.6) is 11.5 Å². The minimum atomic E-state index is -0.725. The number of carbonyl (C=O) groups is 1. The largest absolute Gasteiger partial charge is 0.500 e. The third-order valence-electron chi connectivity index (χ3n) is 4.80. The maximum Gasteiger partial charge on any atom is 0.320 e. The molecule has 11 heteroatoms. The lowest BCUT2D eigenvalue weighted by Crippen LogP contribution is -2.42. The zero-order chi connectivity index (χ0) is 22.1. The Morgan fingerprint density at radius 1 is 1.39 bits per heavy atom. The number of hydrogen-bond donors (Lipinski definition) is 3. The van der Waals surface area contributed by atoms with Gasteiger partial charge in [-0.2, -0.15) is 16.4 Å². The fraction of sp³-hybridized carbons (Fsp3) is 0.200. The Balaban J connectivity index is 1.96. The second kappa shape index (κ2) is 8.11. The maximum absolute atomic E-state index is 12.6. The number of phenols is 1. The first-order chi connectivity index (χ1) is 14.9. The summed E-state index contributed by atoms with van der Waals surface area (Å²) in [5, 5.41) is 35.5. The van der Waals surface area contributed by atoms with Crippen LogP contribution in [0.3, 0.4) is 0 Å². The minimum absolute atomic E-state index is 0.0212. The second-order valence-electron chi connectivity index (χ2n) is 6.81. The number of nitro benzene ring substituents is 1. The number of nitrogens with one attached hydrogen (secondary N) is 2. The van der Waals surface area contributed by atoms with E-state index < -0.39 is 28.4 Å². The lowest BCUT2D eigenvalue weighted by atomic mass is 9.89. The number of amides is 2. The predicted octanol–water partition coefficient (Wildman–Crippen LogP) is 3.42. The summed E-state index contributed by atoms with van der Waals surface area (Å²) in [5.74, 6) is -0.573. The number of nitro groups is 1. The Labute approximate surface area is 180 Å². The Kier molecular flexibility index (Phi) is 5.34. The van der Waals surface area contributed by atoms with Crippen LogP contribution in [0.25, 0.3) is 11.3 Å². The maximum atomic E-state index is 12.6. The van der Waals surface area contributed by atoms with E-state index in [1.807, 2.05) is 16.8 Å². The van der Waals surface area contributed by atoms with Crippen molar-refractivity contribution in [2.24, 2.45) is 7.05 Å². The minimum Gasteiger partial charge on any atom is -0.500 e. The third kappa shape index (κ3) is 3.82. The van der Waals surface area contributed by atoms with Gasteiger partial charge in [-0.15, -0.1) is 0 Å². The van der Waals surface area contributed by atoms with Gasteiger partial charge in [0.2, 0.25) is 5.75 Å². The summed E-state index contributed by atoms with van der Waals surface area (Å²) >= 11 is 1.49. The van der Waals surface area contributed by atoms with Gasteiger partial charge in [0.25, 0.3) is 0 Å². The molecule has 3 aromatic rings. The average molecular weight is 441 g/mol. The summed E-state index contributed by atoms with van der Waals surface area (Å²) in [7, 11) is 1.77. The van der Waals surface area contributed by atoms with Crippen molar-refractivity contribution in [1.82, 2.24) is 20.4 Å². The van der Waals surface area contributed by atoms with Crippen LogP contribution in [-0.2, 0) is 7.05 Å². The standard InChI is InChI=1S/C20H19N5O5S/c1-3-30-15-7-12(6-14(19(15)26)25(28)29)17-16(11-4-5-31-10-11)18(23-20(27)22-17)13-8-21-24(2)9-13/h4-10,17,26H,3H2,1-2H3,(H2,22,23,27). The molecule has 0 aliphatic carbocycles. The number of urea groups is 1. The summed E-state index contributed by atoms with van der Waals surface area (Å²) in [4.78, 5) is 23.4. The summed E-state index contributed by atoms with van der Waals surface area (Å²) in [6.45, 7) is 1.92. The number of carbonyl (C=O) groups excluding carboxylic acids is 1.